The van der Waals surface area contributed by atoms with Crippen LogP contribution in [0.15, 0.2) is 188 Å². The number of hydrogen-bond donors (Lipinski definition) is 0. The quantitative estimate of drug-likeness (QED) is 0.138. The fraction of sp³-hybridized carbons (Fsp3) is 0. The third-order valence-corrected chi connectivity index (χ3v) is 10.4. The fourth-order valence-electron chi connectivity index (χ4n) is 8.15. The van der Waals surface area contributed by atoms with Crippen molar-refractivity contribution in [2.45, 2.75) is 0 Å². The van der Waals surface area contributed by atoms with E-state index in [0.29, 0.717) is 0 Å². The number of rotatable bonds is 4. The van der Waals surface area contributed by atoms with E-state index in [9.17, 15) is 0 Å². The van der Waals surface area contributed by atoms with E-state index in [1.807, 2.05) is 0 Å². The van der Waals surface area contributed by atoms with Crippen LogP contribution in [-0.2, 0) is 0 Å². The smallest absolute Gasteiger partial charge is 0.250 e. The van der Waals surface area contributed by atoms with Crippen molar-refractivity contribution in [3.63, 3.8) is 0 Å². The van der Waals surface area contributed by atoms with Gasteiger partial charge in [-0.2, -0.15) is 0 Å². The number of para-hydroxylation sites is 1. The van der Waals surface area contributed by atoms with Gasteiger partial charge in [-0.25, -0.2) is 0 Å². The molecule has 50 heavy (non-hydrogen) atoms. The van der Waals surface area contributed by atoms with Gasteiger partial charge >= 0.3 is 0 Å². The Labute approximate surface area is 292 Å². The summed E-state index contributed by atoms with van der Waals surface area (Å²) in [5, 5.41) is 7.72. The van der Waals surface area contributed by atoms with Crippen LogP contribution in [0.5, 0.6) is 11.5 Å². The first-order valence-electron chi connectivity index (χ1n) is 17.3. The molecule has 0 amide bonds. The molecule has 9 aromatic carbocycles. The molecular formula is C48H31BO. The van der Waals surface area contributed by atoms with Crippen LogP contribution in [0.4, 0.5) is 0 Å². The Morgan fingerprint density at radius 3 is 1.42 bits per heavy atom. The molecule has 0 spiro atoms. The summed E-state index contributed by atoms with van der Waals surface area (Å²) in [6.45, 7) is 0.113. The van der Waals surface area contributed by atoms with E-state index in [2.05, 4.69) is 188 Å². The van der Waals surface area contributed by atoms with E-state index in [4.69, 9.17) is 4.74 Å². The second-order valence-electron chi connectivity index (χ2n) is 13.2. The lowest BCUT2D eigenvalue weighted by atomic mass is 9.36. The van der Waals surface area contributed by atoms with Crippen LogP contribution in [0.3, 0.4) is 0 Å². The van der Waals surface area contributed by atoms with Gasteiger partial charge in [-0.05, 0) is 94.8 Å². The van der Waals surface area contributed by atoms with Gasteiger partial charge in [0.2, 0.25) is 0 Å². The molecule has 9 aromatic rings. The zero-order valence-corrected chi connectivity index (χ0v) is 27.4. The van der Waals surface area contributed by atoms with Crippen molar-refractivity contribution in [1.29, 1.82) is 0 Å². The molecule has 0 saturated heterocycles. The standard InChI is InChI=1S/C48H31BO/c1-2-14-34(15-3-1)49-45-24-12-13-25-47(45)50-48-31-33(27-29-46(48)49)36-17-5-7-19-38(36)37-18-6-4-16-35(37)32-26-28-43-41-22-9-8-20-39(41)40-21-10-11-23-42(40)44(43)30-32/h1-31H. The third-order valence-electron chi connectivity index (χ3n) is 10.4. The molecular weight excluding hydrogens is 603 g/mol. The number of hydrogen-bond acceptors (Lipinski definition) is 1. The molecule has 0 fully saturated rings. The maximum atomic E-state index is 6.64. The molecule has 1 aliphatic rings. The molecule has 0 aliphatic carbocycles. The van der Waals surface area contributed by atoms with Crippen LogP contribution in [0.2, 0.25) is 0 Å². The summed E-state index contributed by atoms with van der Waals surface area (Å²) >= 11 is 0. The molecule has 0 aromatic heterocycles. The fourth-order valence-corrected chi connectivity index (χ4v) is 8.15. The molecule has 1 heterocycles. The SMILES string of the molecule is c1ccc(B2c3ccccc3Oc3cc(-c4ccccc4-c4ccccc4-c4ccc5c6ccccc6c6ccccc6c5c4)ccc32)cc1. The molecule has 2 heteroatoms. The highest BCUT2D eigenvalue weighted by Gasteiger charge is 2.32. The van der Waals surface area contributed by atoms with E-state index in [1.165, 1.54) is 76.5 Å². The highest BCUT2D eigenvalue weighted by atomic mass is 16.5. The lowest BCUT2D eigenvalue weighted by Gasteiger charge is -2.27. The van der Waals surface area contributed by atoms with Gasteiger partial charge in [0.15, 0.2) is 0 Å². The lowest BCUT2D eigenvalue weighted by molar-refractivity contribution is 0.487. The minimum Gasteiger partial charge on any atom is -0.458 e. The van der Waals surface area contributed by atoms with Crippen molar-refractivity contribution in [1.82, 2.24) is 0 Å². The Hall–Kier alpha value is -6.38. The molecule has 0 N–H and O–H groups in total. The van der Waals surface area contributed by atoms with Gasteiger partial charge in [0.1, 0.15) is 11.5 Å². The van der Waals surface area contributed by atoms with E-state index in [0.717, 1.165) is 17.1 Å². The van der Waals surface area contributed by atoms with Crippen molar-refractivity contribution >= 4 is 55.4 Å². The largest absolute Gasteiger partial charge is 0.458 e. The molecule has 0 unspecified atom stereocenters. The Bertz CT molecular complexity index is 2710. The molecule has 0 radical (unpaired) electrons. The molecule has 1 nitrogen and oxygen atoms in total. The maximum absolute atomic E-state index is 6.64. The van der Waals surface area contributed by atoms with Gasteiger partial charge < -0.3 is 4.74 Å². The van der Waals surface area contributed by atoms with Crippen molar-refractivity contribution in [3.8, 4) is 44.9 Å². The van der Waals surface area contributed by atoms with E-state index >= 15 is 0 Å². The Balaban J connectivity index is 1.12. The van der Waals surface area contributed by atoms with Crippen molar-refractivity contribution in [3.05, 3.63) is 188 Å². The van der Waals surface area contributed by atoms with Gasteiger partial charge in [0, 0.05) is 0 Å². The highest BCUT2D eigenvalue weighted by Crippen LogP contribution is 2.42. The second kappa shape index (κ2) is 11.6. The number of benzene rings is 9. The molecule has 0 bridgehead atoms. The summed E-state index contributed by atoms with van der Waals surface area (Å²) in [6, 6.07) is 68.1. The molecule has 0 saturated carbocycles. The monoisotopic (exact) mass is 634 g/mol. The minimum atomic E-state index is 0.113. The van der Waals surface area contributed by atoms with Gasteiger partial charge in [0.25, 0.3) is 6.71 Å². The van der Waals surface area contributed by atoms with E-state index in [-0.39, 0.29) is 6.71 Å². The summed E-state index contributed by atoms with van der Waals surface area (Å²) in [5.74, 6) is 1.83. The van der Waals surface area contributed by atoms with Gasteiger partial charge in [-0.15, -0.1) is 0 Å². The summed E-state index contributed by atoms with van der Waals surface area (Å²) in [7, 11) is 0. The summed E-state index contributed by atoms with van der Waals surface area (Å²) < 4.78 is 6.64. The van der Waals surface area contributed by atoms with E-state index < -0.39 is 0 Å². The van der Waals surface area contributed by atoms with E-state index in [1.54, 1.807) is 0 Å². The molecule has 0 atom stereocenters. The first kappa shape index (κ1) is 28.6. The van der Waals surface area contributed by atoms with Crippen LogP contribution in [-0.4, -0.2) is 6.71 Å². The predicted octanol–water partition coefficient (Wildman–Crippen LogP) is 10.8. The molecule has 10 rings (SSSR count). The topological polar surface area (TPSA) is 9.23 Å². The Morgan fingerprint density at radius 1 is 0.300 bits per heavy atom. The summed E-state index contributed by atoms with van der Waals surface area (Å²) in [4.78, 5) is 0. The van der Waals surface area contributed by atoms with Crippen LogP contribution < -0.4 is 21.1 Å². The van der Waals surface area contributed by atoms with Gasteiger partial charge in [-0.3, -0.25) is 0 Å². The Kier molecular flexibility index (Phi) is 6.67. The van der Waals surface area contributed by atoms with Crippen LogP contribution in [0.1, 0.15) is 0 Å². The second-order valence-corrected chi connectivity index (χ2v) is 13.2. The van der Waals surface area contributed by atoms with Crippen LogP contribution in [0, 0.1) is 0 Å². The summed E-state index contributed by atoms with van der Waals surface area (Å²) in [5.41, 5.74) is 10.8. The van der Waals surface area contributed by atoms with Crippen molar-refractivity contribution < 1.29 is 4.74 Å². The number of ether oxygens (including phenoxy) is 1. The first-order chi connectivity index (χ1) is 24.8. The summed E-state index contributed by atoms with van der Waals surface area (Å²) in [6.07, 6.45) is 0. The van der Waals surface area contributed by atoms with Crippen LogP contribution >= 0.6 is 0 Å². The first-order valence-corrected chi connectivity index (χ1v) is 17.3. The van der Waals surface area contributed by atoms with Crippen LogP contribution in [0.25, 0.3) is 65.7 Å². The molecule has 232 valence electrons. The van der Waals surface area contributed by atoms with Crippen molar-refractivity contribution in [2.75, 3.05) is 0 Å². The van der Waals surface area contributed by atoms with Gasteiger partial charge in [-0.1, -0.05) is 175 Å². The third kappa shape index (κ3) is 4.57. The molecule has 1 aliphatic heterocycles. The van der Waals surface area contributed by atoms with Crippen molar-refractivity contribution in [2.24, 2.45) is 0 Å². The highest BCUT2D eigenvalue weighted by molar-refractivity contribution is 6.96. The Morgan fingerprint density at radius 2 is 0.760 bits per heavy atom. The average molecular weight is 635 g/mol. The number of fused-ring (bicyclic) bond motifs is 8. The normalized spacial score (nSPS) is 12.1. The zero-order chi connectivity index (χ0) is 33.0. The lowest BCUT2D eigenvalue weighted by Crippen LogP contribution is -2.54. The average Bonchev–Trinajstić information content (AvgIpc) is 3.20. The van der Waals surface area contributed by atoms with Gasteiger partial charge in [0.05, 0.1) is 0 Å². The minimum absolute atomic E-state index is 0.113. The zero-order valence-electron chi connectivity index (χ0n) is 27.4. The maximum Gasteiger partial charge on any atom is 0.250 e. The predicted molar refractivity (Wildman–Crippen MR) is 213 cm³/mol.